The fourth-order valence-corrected chi connectivity index (χ4v) is 5.28. The van der Waals surface area contributed by atoms with Crippen molar-refractivity contribution in [2.45, 2.75) is 37.3 Å². The van der Waals surface area contributed by atoms with Crippen molar-refractivity contribution in [1.29, 1.82) is 0 Å². The fourth-order valence-electron chi connectivity index (χ4n) is 3.99. The maximum atomic E-state index is 6.38. The number of fused-ring (bicyclic) bond motifs is 3. The summed E-state index contributed by atoms with van der Waals surface area (Å²) in [5.41, 5.74) is 13.7. The van der Waals surface area contributed by atoms with Crippen LogP contribution in [0.5, 0.6) is 5.75 Å². The first-order valence-electron chi connectivity index (χ1n) is 6.92. The van der Waals surface area contributed by atoms with Gasteiger partial charge in [0, 0.05) is 32.8 Å². The van der Waals surface area contributed by atoms with Crippen LogP contribution in [-0.4, -0.2) is 12.1 Å². The van der Waals surface area contributed by atoms with E-state index >= 15 is 0 Å². The lowest BCUT2D eigenvalue weighted by molar-refractivity contribution is 0.216. The maximum Gasteiger partial charge on any atom is 0.133 e. The molecule has 19 heavy (non-hydrogen) atoms. The molecule has 3 nitrogen and oxygen atoms in total. The second kappa shape index (κ2) is 4.55. The van der Waals surface area contributed by atoms with Crippen molar-refractivity contribution in [2.75, 3.05) is 0 Å². The number of ether oxygens (including phenoxy) is 1. The van der Waals surface area contributed by atoms with E-state index in [1.54, 1.807) is 0 Å². The minimum absolute atomic E-state index is 0.293. The Morgan fingerprint density at radius 3 is 2.79 bits per heavy atom. The van der Waals surface area contributed by atoms with Crippen molar-refractivity contribution < 1.29 is 4.74 Å². The van der Waals surface area contributed by atoms with Crippen molar-refractivity contribution in [3.8, 4) is 5.75 Å². The molecule has 0 bridgehead atoms. The number of hydrogen-bond donors (Lipinski definition) is 2. The molecular weight excluding hydrogens is 370 g/mol. The van der Waals surface area contributed by atoms with E-state index in [-0.39, 0.29) is 0 Å². The lowest BCUT2D eigenvalue weighted by atomic mass is 9.84. The third kappa shape index (κ3) is 1.87. The van der Waals surface area contributed by atoms with Gasteiger partial charge in [-0.15, -0.1) is 0 Å². The van der Waals surface area contributed by atoms with Gasteiger partial charge in [-0.25, -0.2) is 0 Å². The van der Waals surface area contributed by atoms with Gasteiger partial charge in [-0.1, -0.05) is 0 Å². The van der Waals surface area contributed by atoms with Crippen LogP contribution in [0.4, 0.5) is 0 Å². The number of halogens is 1. The Labute approximate surface area is 128 Å². The van der Waals surface area contributed by atoms with Gasteiger partial charge >= 0.3 is 0 Å². The standard InChI is InChI=1S/C14H18IN2OP/c15-7-3-4-10(19-17)14-12(7)13-9(18-14)5-8(16)11(13)6-1-2-6/h3-4,6,8-9,11,13,19H,1-2,5,16-17H2/t8?,9-,11?,13-/m0/s1. The van der Waals surface area contributed by atoms with Crippen LogP contribution in [0.25, 0.3) is 0 Å². The highest BCUT2D eigenvalue weighted by Gasteiger charge is 2.54. The highest BCUT2D eigenvalue weighted by molar-refractivity contribution is 14.1. The number of hydrogen-bond acceptors (Lipinski definition) is 3. The quantitative estimate of drug-likeness (QED) is 0.603. The van der Waals surface area contributed by atoms with Crippen LogP contribution in [0.15, 0.2) is 12.1 Å². The SMILES string of the molecule is NPc1ccc(I)c2c1O[C@H]1CC(N)C(C3CC3)[C@@H]21. The zero-order valence-corrected chi connectivity index (χ0v) is 13.8. The second-order valence-electron chi connectivity index (χ2n) is 5.98. The van der Waals surface area contributed by atoms with E-state index < -0.39 is 0 Å². The molecule has 3 aliphatic rings. The Morgan fingerprint density at radius 1 is 1.32 bits per heavy atom. The molecule has 5 heteroatoms. The molecule has 0 saturated heterocycles. The molecule has 2 saturated carbocycles. The summed E-state index contributed by atoms with van der Waals surface area (Å²) in [6.45, 7) is 0. The lowest BCUT2D eigenvalue weighted by Gasteiger charge is -2.21. The monoisotopic (exact) mass is 388 g/mol. The summed E-state index contributed by atoms with van der Waals surface area (Å²) in [7, 11) is 0.310. The molecule has 4 rings (SSSR count). The third-order valence-electron chi connectivity index (χ3n) is 4.88. The van der Waals surface area contributed by atoms with Gasteiger partial charge in [-0.2, -0.15) is 0 Å². The molecule has 4 N–H and O–H groups in total. The van der Waals surface area contributed by atoms with E-state index in [0.717, 1.165) is 18.1 Å². The van der Waals surface area contributed by atoms with E-state index in [2.05, 4.69) is 34.7 Å². The minimum Gasteiger partial charge on any atom is -0.489 e. The Kier molecular flexibility index (Phi) is 3.07. The Morgan fingerprint density at radius 2 is 2.11 bits per heavy atom. The van der Waals surface area contributed by atoms with Crippen LogP contribution in [0.2, 0.25) is 0 Å². The molecule has 0 aromatic heterocycles. The number of rotatable bonds is 2. The first-order chi connectivity index (χ1) is 9.20. The third-order valence-corrected chi connectivity index (χ3v) is 6.53. The van der Waals surface area contributed by atoms with Gasteiger partial charge in [0.15, 0.2) is 0 Å². The van der Waals surface area contributed by atoms with Gasteiger partial charge in [-0.05, 0) is 68.1 Å². The van der Waals surface area contributed by atoms with Gasteiger partial charge in [0.1, 0.15) is 11.9 Å². The molecule has 5 atom stereocenters. The van der Waals surface area contributed by atoms with Crippen molar-refractivity contribution >= 4 is 36.6 Å². The highest BCUT2D eigenvalue weighted by Crippen LogP contribution is 2.57. The van der Waals surface area contributed by atoms with Crippen LogP contribution in [0, 0.1) is 15.4 Å². The molecule has 102 valence electrons. The average molecular weight is 388 g/mol. The zero-order chi connectivity index (χ0) is 13.1. The van der Waals surface area contributed by atoms with Crippen LogP contribution in [0.3, 0.4) is 0 Å². The topological polar surface area (TPSA) is 61.3 Å². The van der Waals surface area contributed by atoms with E-state index in [1.165, 1.54) is 27.3 Å². The summed E-state index contributed by atoms with van der Waals surface area (Å²) in [6.07, 6.45) is 4.00. The Bertz CT molecular complexity index is 534. The van der Waals surface area contributed by atoms with Crippen molar-refractivity contribution in [1.82, 2.24) is 0 Å². The molecule has 2 aliphatic carbocycles. The maximum absolute atomic E-state index is 6.38. The van der Waals surface area contributed by atoms with Crippen molar-refractivity contribution in [2.24, 2.45) is 23.1 Å². The molecule has 2 fully saturated rings. The molecule has 0 spiro atoms. The Balaban J connectivity index is 1.82. The summed E-state index contributed by atoms with van der Waals surface area (Å²) in [5, 5.41) is 1.17. The second-order valence-corrected chi connectivity index (χ2v) is 7.97. The summed E-state index contributed by atoms with van der Waals surface area (Å²) < 4.78 is 7.58. The van der Waals surface area contributed by atoms with Gasteiger partial charge < -0.3 is 16.0 Å². The van der Waals surface area contributed by atoms with E-state index in [0.29, 0.717) is 32.7 Å². The lowest BCUT2D eigenvalue weighted by Crippen LogP contribution is -2.29. The van der Waals surface area contributed by atoms with Gasteiger partial charge in [0.05, 0.1) is 0 Å². The van der Waals surface area contributed by atoms with E-state index in [9.17, 15) is 0 Å². The summed E-state index contributed by atoms with van der Waals surface area (Å²) >= 11 is 2.44. The molecular formula is C14H18IN2OP. The molecule has 1 aromatic carbocycles. The first kappa shape index (κ1) is 12.8. The normalized spacial score (nSPS) is 36.6. The molecule has 3 unspecified atom stereocenters. The van der Waals surface area contributed by atoms with Gasteiger partial charge in [0.25, 0.3) is 0 Å². The predicted molar refractivity (Wildman–Crippen MR) is 87.3 cm³/mol. The smallest absolute Gasteiger partial charge is 0.133 e. The highest BCUT2D eigenvalue weighted by atomic mass is 127. The van der Waals surface area contributed by atoms with Crippen molar-refractivity contribution in [3.05, 3.63) is 21.3 Å². The molecule has 1 heterocycles. The largest absolute Gasteiger partial charge is 0.489 e. The Hall–Kier alpha value is 0.1000. The van der Waals surface area contributed by atoms with Crippen LogP contribution < -0.4 is 21.3 Å². The molecule has 1 aliphatic heterocycles. The number of nitrogens with two attached hydrogens (primary N) is 2. The van der Waals surface area contributed by atoms with Crippen molar-refractivity contribution in [3.63, 3.8) is 0 Å². The minimum atomic E-state index is 0.293. The van der Waals surface area contributed by atoms with E-state index in [4.69, 9.17) is 16.0 Å². The molecule has 1 aromatic rings. The van der Waals surface area contributed by atoms with Gasteiger partial charge in [0.2, 0.25) is 0 Å². The van der Waals surface area contributed by atoms with Crippen LogP contribution in [-0.2, 0) is 0 Å². The molecule has 0 amide bonds. The first-order valence-corrected chi connectivity index (χ1v) is 9.07. The van der Waals surface area contributed by atoms with Gasteiger partial charge in [-0.3, -0.25) is 0 Å². The predicted octanol–water partition coefficient (Wildman–Crippen LogP) is 2.07. The zero-order valence-electron chi connectivity index (χ0n) is 10.6. The van der Waals surface area contributed by atoms with E-state index in [1.807, 2.05) is 0 Å². The van der Waals surface area contributed by atoms with Crippen LogP contribution >= 0.6 is 31.3 Å². The summed E-state index contributed by atoms with van der Waals surface area (Å²) in [4.78, 5) is 0. The average Bonchev–Trinajstić information content (AvgIpc) is 3.06. The summed E-state index contributed by atoms with van der Waals surface area (Å²) in [5.74, 6) is 3.05. The number of benzene rings is 1. The fraction of sp³-hybridized carbons (Fsp3) is 0.571. The van der Waals surface area contributed by atoms with Crippen LogP contribution in [0.1, 0.15) is 30.7 Å². The molecule has 0 radical (unpaired) electrons. The summed E-state index contributed by atoms with van der Waals surface area (Å²) in [6, 6.07) is 4.62.